The van der Waals surface area contributed by atoms with E-state index in [1.165, 1.54) is 12.1 Å². The van der Waals surface area contributed by atoms with Gasteiger partial charge in [-0.2, -0.15) is 0 Å². The van der Waals surface area contributed by atoms with Gasteiger partial charge in [-0.05, 0) is 37.1 Å². The molecule has 0 saturated carbocycles. The molecule has 0 unspecified atom stereocenters. The number of aromatic nitrogens is 1. The van der Waals surface area contributed by atoms with E-state index >= 15 is 0 Å². The fraction of sp³-hybridized carbons (Fsp3) is 0.273. The van der Waals surface area contributed by atoms with Crippen molar-refractivity contribution in [1.82, 2.24) is 4.98 Å². The van der Waals surface area contributed by atoms with Gasteiger partial charge >= 0.3 is 0 Å². The van der Waals surface area contributed by atoms with Crippen LogP contribution in [0, 0.1) is 19.7 Å². The fourth-order valence-corrected chi connectivity index (χ4v) is 1.88. The van der Waals surface area contributed by atoms with Gasteiger partial charge in [-0.25, -0.2) is 4.39 Å². The zero-order valence-corrected chi connectivity index (χ0v) is 8.32. The van der Waals surface area contributed by atoms with E-state index in [2.05, 4.69) is 4.98 Å². The first-order valence-electron chi connectivity index (χ1n) is 4.61. The van der Waals surface area contributed by atoms with Crippen molar-refractivity contribution in [3.8, 4) is 0 Å². The average Bonchev–Trinajstić information content (AvgIpc) is 2.41. The molecule has 0 spiro atoms. The Balaban J connectivity index is 2.87. The molecule has 1 aromatic heterocycles. The predicted octanol–water partition coefficient (Wildman–Crippen LogP) is 2.38. The second kappa shape index (κ2) is 3.10. The summed E-state index contributed by atoms with van der Waals surface area (Å²) in [6.07, 6.45) is 0. The Kier molecular flexibility index (Phi) is 2.04. The Morgan fingerprint density at radius 3 is 2.71 bits per heavy atom. The summed E-state index contributed by atoms with van der Waals surface area (Å²) in [6.45, 7) is 4.29. The van der Waals surface area contributed by atoms with Crippen molar-refractivity contribution in [2.45, 2.75) is 20.4 Å². The van der Waals surface area contributed by atoms with E-state index in [0.717, 1.165) is 27.7 Å². The number of aromatic amines is 1. The number of nitrogens with two attached hydrogens (primary N) is 1. The molecular formula is C11H13FN2. The molecule has 2 rings (SSSR count). The Labute approximate surface area is 81.9 Å². The van der Waals surface area contributed by atoms with E-state index < -0.39 is 0 Å². The van der Waals surface area contributed by atoms with Crippen molar-refractivity contribution >= 4 is 10.9 Å². The summed E-state index contributed by atoms with van der Waals surface area (Å²) in [7, 11) is 0. The molecule has 0 amide bonds. The summed E-state index contributed by atoms with van der Waals surface area (Å²) in [5.74, 6) is -0.205. The highest BCUT2D eigenvalue weighted by Crippen LogP contribution is 2.25. The zero-order valence-electron chi connectivity index (χ0n) is 8.32. The number of aryl methyl sites for hydroxylation is 2. The van der Waals surface area contributed by atoms with Gasteiger partial charge in [-0.3, -0.25) is 0 Å². The SMILES string of the molecule is Cc1[nH]c2c(C)cc(F)cc2c1CN. The lowest BCUT2D eigenvalue weighted by Gasteiger charge is -1.98. The topological polar surface area (TPSA) is 41.8 Å². The molecule has 0 radical (unpaired) electrons. The minimum Gasteiger partial charge on any atom is -0.358 e. The first-order chi connectivity index (χ1) is 6.63. The van der Waals surface area contributed by atoms with Crippen LogP contribution >= 0.6 is 0 Å². The molecule has 0 atom stereocenters. The van der Waals surface area contributed by atoms with Gasteiger partial charge in [0.25, 0.3) is 0 Å². The molecule has 74 valence electrons. The molecule has 14 heavy (non-hydrogen) atoms. The van der Waals surface area contributed by atoms with Crippen molar-refractivity contribution in [3.05, 3.63) is 34.8 Å². The van der Waals surface area contributed by atoms with Crippen LogP contribution in [-0.4, -0.2) is 4.98 Å². The normalized spacial score (nSPS) is 11.1. The first kappa shape index (κ1) is 9.21. The van der Waals surface area contributed by atoms with E-state index in [1.54, 1.807) is 0 Å². The van der Waals surface area contributed by atoms with Gasteiger partial charge in [0.15, 0.2) is 0 Å². The quantitative estimate of drug-likeness (QED) is 0.715. The summed E-state index contributed by atoms with van der Waals surface area (Å²) in [4.78, 5) is 3.23. The number of nitrogens with one attached hydrogen (secondary N) is 1. The fourth-order valence-electron chi connectivity index (χ4n) is 1.88. The van der Waals surface area contributed by atoms with Crippen LogP contribution in [0.4, 0.5) is 4.39 Å². The summed E-state index contributed by atoms with van der Waals surface area (Å²) in [5.41, 5.74) is 9.55. The van der Waals surface area contributed by atoms with Crippen molar-refractivity contribution in [3.63, 3.8) is 0 Å². The number of hydrogen-bond acceptors (Lipinski definition) is 1. The number of rotatable bonds is 1. The number of fused-ring (bicyclic) bond motifs is 1. The van der Waals surface area contributed by atoms with Crippen LogP contribution in [0.15, 0.2) is 12.1 Å². The Morgan fingerprint density at radius 2 is 2.07 bits per heavy atom. The number of hydrogen-bond donors (Lipinski definition) is 2. The lowest BCUT2D eigenvalue weighted by atomic mass is 10.1. The van der Waals surface area contributed by atoms with Gasteiger partial charge in [0, 0.05) is 23.1 Å². The van der Waals surface area contributed by atoms with E-state index in [1.807, 2.05) is 13.8 Å². The second-order valence-electron chi connectivity index (χ2n) is 3.58. The molecule has 0 aliphatic rings. The van der Waals surface area contributed by atoms with Crippen LogP contribution in [0.2, 0.25) is 0 Å². The van der Waals surface area contributed by atoms with Crippen molar-refractivity contribution < 1.29 is 4.39 Å². The van der Waals surface area contributed by atoms with Crippen molar-refractivity contribution in [2.24, 2.45) is 5.73 Å². The smallest absolute Gasteiger partial charge is 0.124 e. The van der Waals surface area contributed by atoms with Crippen molar-refractivity contribution in [2.75, 3.05) is 0 Å². The lowest BCUT2D eigenvalue weighted by molar-refractivity contribution is 0.628. The molecule has 0 fully saturated rings. The lowest BCUT2D eigenvalue weighted by Crippen LogP contribution is -1.96. The first-order valence-corrected chi connectivity index (χ1v) is 4.61. The van der Waals surface area contributed by atoms with Gasteiger partial charge in [0.05, 0.1) is 0 Å². The third kappa shape index (κ3) is 1.21. The van der Waals surface area contributed by atoms with Crippen LogP contribution in [0.5, 0.6) is 0 Å². The molecular weight excluding hydrogens is 179 g/mol. The third-order valence-corrected chi connectivity index (χ3v) is 2.59. The minimum absolute atomic E-state index is 0.205. The molecule has 1 heterocycles. The Hall–Kier alpha value is -1.35. The molecule has 0 aliphatic carbocycles. The molecule has 2 aromatic rings. The summed E-state index contributed by atoms with van der Waals surface area (Å²) >= 11 is 0. The third-order valence-electron chi connectivity index (χ3n) is 2.59. The second-order valence-corrected chi connectivity index (χ2v) is 3.58. The van der Waals surface area contributed by atoms with Gasteiger partial charge in [0.2, 0.25) is 0 Å². The van der Waals surface area contributed by atoms with Gasteiger partial charge in [-0.15, -0.1) is 0 Å². The molecule has 1 aromatic carbocycles. The van der Waals surface area contributed by atoms with Crippen LogP contribution in [0.1, 0.15) is 16.8 Å². The van der Waals surface area contributed by atoms with Crippen LogP contribution in [-0.2, 0) is 6.54 Å². The van der Waals surface area contributed by atoms with E-state index in [4.69, 9.17) is 5.73 Å². The molecule has 0 aliphatic heterocycles. The molecule has 2 nitrogen and oxygen atoms in total. The maximum Gasteiger partial charge on any atom is 0.124 e. The highest BCUT2D eigenvalue weighted by Gasteiger charge is 2.09. The number of benzene rings is 1. The predicted molar refractivity (Wildman–Crippen MR) is 55.6 cm³/mol. The van der Waals surface area contributed by atoms with Gasteiger partial charge < -0.3 is 10.7 Å². The monoisotopic (exact) mass is 192 g/mol. The maximum atomic E-state index is 13.2. The van der Waals surface area contributed by atoms with E-state index in [-0.39, 0.29) is 5.82 Å². The Bertz CT molecular complexity index is 485. The van der Waals surface area contributed by atoms with Gasteiger partial charge in [-0.1, -0.05) is 0 Å². The summed E-state index contributed by atoms with van der Waals surface area (Å²) < 4.78 is 13.2. The van der Waals surface area contributed by atoms with Gasteiger partial charge in [0.1, 0.15) is 5.82 Å². The zero-order chi connectivity index (χ0) is 10.3. The van der Waals surface area contributed by atoms with Crippen LogP contribution in [0.25, 0.3) is 10.9 Å². The van der Waals surface area contributed by atoms with E-state index in [9.17, 15) is 4.39 Å². The molecule has 3 heteroatoms. The molecule has 0 saturated heterocycles. The summed E-state index contributed by atoms with van der Waals surface area (Å²) in [5, 5.41) is 0.905. The molecule has 3 N–H and O–H groups in total. The van der Waals surface area contributed by atoms with Crippen molar-refractivity contribution in [1.29, 1.82) is 0 Å². The van der Waals surface area contributed by atoms with E-state index in [0.29, 0.717) is 6.54 Å². The number of H-pyrrole nitrogens is 1. The van der Waals surface area contributed by atoms with Crippen LogP contribution < -0.4 is 5.73 Å². The standard InChI is InChI=1S/C11H13FN2/c1-6-3-8(12)4-9-10(5-13)7(2)14-11(6)9/h3-4,14H,5,13H2,1-2H3. The highest BCUT2D eigenvalue weighted by molar-refractivity contribution is 5.87. The maximum absolute atomic E-state index is 13.2. The number of halogens is 1. The minimum atomic E-state index is -0.205. The van der Waals surface area contributed by atoms with Crippen LogP contribution in [0.3, 0.4) is 0 Å². The molecule has 0 bridgehead atoms. The summed E-state index contributed by atoms with van der Waals surface area (Å²) in [6, 6.07) is 3.06. The average molecular weight is 192 g/mol. The Morgan fingerprint density at radius 1 is 1.36 bits per heavy atom. The largest absolute Gasteiger partial charge is 0.358 e. The highest BCUT2D eigenvalue weighted by atomic mass is 19.1.